The van der Waals surface area contributed by atoms with Gasteiger partial charge in [-0.2, -0.15) is 0 Å². The molecule has 0 atom stereocenters. The van der Waals surface area contributed by atoms with Crippen LogP contribution < -0.4 is 10.2 Å². The van der Waals surface area contributed by atoms with E-state index in [9.17, 15) is 4.79 Å². The summed E-state index contributed by atoms with van der Waals surface area (Å²) in [6.07, 6.45) is 6.44. The summed E-state index contributed by atoms with van der Waals surface area (Å²) in [4.78, 5) is 22.8. The van der Waals surface area contributed by atoms with Gasteiger partial charge in [0.05, 0.1) is 12.4 Å². The molecule has 2 aromatic rings. The maximum absolute atomic E-state index is 11.9. The van der Waals surface area contributed by atoms with Crippen molar-refractivity contribution in [1.82, 2.24) is 15.3 Å². The molecule has 2 aliphatic rings. The Labute approximate surface area is 129 Å². The van der Waals surface area contributed by atoms with Crippen LogP contribution in [-0.2, 0) is 13.0 Å². The van der Waals surface area contributed by atoms with E-state index in [1.807, 2.05) is 0 Å². The van der Waals surface area contributed by atoms with Crippen LogP contribution in [0.5, 0.6) is 0 Å². The van der Waals surface area contributed by atoms with Gasteiger partial charge in [-0.1, -0.05) is 24.3 Å². The molecule has 5 nitrogen and oxygen atoms in total. The fourth-order valence-corrected chi connectivity index (χ4v) is 2.78. The van der Waals surface area contributed by atoms with Gasteiger partial charge in [-0.15, -0.1) is 0 Å². The first kappa shape index (κ1) is 13.2. The third-order valence-corrected chi connectivity index (χ3v) is 4.24. The highest BCUT2D eigenvalue weighted by molar-refractivity contribution is 5.92. The van der Waals surface area contributed by atoms with Crippen LogP contribution in [0.4, 0.5) is 5.82 Å². The second-order valence-electron chi connectivity index (χ2n) is 5.95. The van der Waals surface area contributed by atoms with E-state index >= 15 is 0 Å². The Morgan fingerprint density at radius 2 is 1.95 bits per heavy atom. The summed E-state index contributed by atoms with van der Waals surface area (Å²) in [5, 5.41) is 2.93. The third kappa shape index (κ3) is 2.66. The highest BCUT2D eigenvalue weighted by Gasteiger charge is 2.24. The number of benzene rings is 1. The molecule has 0 bridgehead atoms. The Morgan fingerprint density at radius 3 is 2.68 bits per heavy atom. The maximum Gasteiger partial charge on any atom is 0.271 e. The smallest absolute Gasteiger partial charge is 0.271 e. The predicted molar refractivity (Wildman–Crippen MR) is 83.7 cm³/mol. The Balaban J connectivity index is 1.48. The van der Waals surface area contributed by atoms with Gasteiger partial charge in [0.25, 0.3) is 5.91 Å². The Kier molecular flexibility index (Phi) is 3.25. The van der Waals surface area contributed by atoms with Gasteiger partial charge in [-0.25, -0.2) is 9.97 Å². The van der Waals surface area contributed by atoms with E-state index in [0.717, 1.165) is 38.2 Å². The summed E-state index contributed by atoms with van der Waals surface area (Å²) in [5.74, 6) is 0.711. The summed E-state index contributed by atoms with van der Waals surface area (Å²) >= 11 is 0. The number of aromatic nitrogens is 2. The zero-order valence-electron chi connectivity index (χ0n) is 12.3. The molecule has 1 saturated carbocycles. The number of hydrogen-bond donors (Lipinski definition) is 1. The van der Waals surface area contributed by atoms with E-state index in [4.69, 9.17) is 0 Å². The average Bonchev–Trinajstić information content (AvgIpc) is 3.38. The van der Waals surface area contributed by atoms with E-state index in [0.29, 0.717) is 11.7 Å². The fourth-order valence-electron chi connectivity index (χ4n) is 2.78. The van der Waals surface area contributed by atoms with Crippen LogP contribution in [0.15, 0.2) is 36.7 Å². The van der Waals surface area contributed by atoms with Crippen LogP contribution in [-0.4, -0.2) is 28.5 Å². The first-order valence-corrected chi connectivity index (χ1v) is 7.74. The number of carbonyl (C=O) groups is 1. The average molecular weight is 294 g/mol. The number of rotatable bonds is 3. The molecule has 0 saturated heterocycles. The van der Waals surface area contributed by atoms with E-state index in [1.54, 1.807) is 12.4 Å². The van der Waals surface area contributed by atoms with Gasteiger partial charge in [0, 0.05) is 19.1 Å². The van der Waals surface area contributed by atoms with E-state index in [-0.39, 0.29) is 5.91 Å². The molecule has 5 heteroatoms. The van der Waals surface area contributed by atoms with Gasteiger partial charge in [0.2, 0.25) is 0 Å². The number of nitrogens with zero attached hydrogens (tertiary/aromatic N) is 3. The second kappa shape index (κ2) is 5.40. The van der Waals surface area contributed by atoms with Gasteiger partial charge in [0.1, 0.15) is 11.5 Å². The minimum Gasteiger partial charge on any atom is -0.351 e. The first-order chi connectivity index (χ1) is 10.8. The third-order valence-electron chi connectivity index (χ3n) is 4.24. The zero-order chi connectivity index (χ0) is 14.9. The van der Waals surface area contributed by atoms with Crippen molar-refractivity contribution in [1.29, 1.82) is 0 Å². The highest BCUT2D eigenvalue weighted by atomic mass is 16.2. The van der Waals surface area contributed by atoms with E-state index < -0.39 is 0 Å². The van der Waals surface area contributed by atoms with Crippen LogP contribution in [0.25, 0.3) is 0 Å². The molecular weight excluding hydrogens is 276 g/mol. The van der Waals surface area contributed by atoms with Gasteiger partial charge < -0.3 is 10.2 Å². The molecule has 0 spiro atoms. The molecule has 0 radical (unpaired) electrons. The van der Waals surface area contributed by atoms with Crippen LogP contribution in [0, 0.1) is 0 Å². The Hall–Kier alpha value is -2.43. The van der Waals surface area contributed by atoms with Crippen LogP contribution in [0.3, 0.4) is 0 Å². The zero-order valence-corrected chi connectivity index (χ0v) is 12.3. The molecule has 112 valence electrons. The molecule has 1 amide bonds. The lowest BCUT2D eigenvalue weighted by atomic mass is 10.0. The minimum atomic E-state index is -0.120. The van der Waals surface area contributed by atoms with Gasteiger partial charge >= 0.3 is 0 Å². The lowest BCUT2D eigenvalue weighted by Crippen LogP contribution is -2.31. The molecule has 1 aliphatic carbocycles. The summed E-state index contributed by atoms with van der Waals surface area (Å²) < 4.78 is 0. The molecule has 1 N–H and O–H groups in total. The number of fused-ring (bicyclic) bond motifs is 1. The van der Waals surface area contributed by atoms with Crippen molar-refractivity contribution in [3.05, 3.63) is 53.5 Å². The van der Waals surface area contributed by atoms with Crippen molar-refractivity contribution in [3.63, 3.8) is 0 Å². The molecule has 1 aromatic heterocycles. The number of carbonyl (C=O) groups excluding carboxylic acids is 1. The molecular formula is C17H18N4O. The van der Waals surface area contributed by atoms with Crippen molar-refractivity contribution < 1.29 is 4.79 Å². The monoisotopic (exact) mass is 294 g/mol. The molecule has 1 fully saturated rings. The largest absolute Gasteiger partial charge is 0.351 e. The summed E-state index contributed by atoms with van der Waals surface area (Å²) in [7, 11) is 0. The lowest BCUT2D eigenvalue weighted by molar-refractivity contribution is 0.0945. The van der Waals surface area contributed by atoms with Crippen molar-refractivity contribution in [3.8, 4) is 0 Å². The first-order valence-electron chi connectivity index (χ1n) is 7.74. The van der Waals surface area contributed by atoms with Crippen molar-refractivity contribution in [2.24, 2.45) is 0 Å². The summed E-state index contributed by atoms with van der Waals surface area (Å²) in [5.41, 5.74) is 3.14. The summed E-state index contributed by atoms with van der Waals surface area (Å²) in [6.45, 7) is 1.78. The Bertz CT molecular complexity index is 694. The fraction of sp³-hybridized carbons (Fsp3) is 0.353. The number of amides is 1. The van der Waals surface area contributed by atoms with Crippen molar-refractivity contribution >= 4 is 11.7 Å². The maximum atomic E-state index is 11.9. The number of anilines is 1. The van der Waals surface area contributed by atoms with E-state index in [1.165, 1.54) is 11.1 Å². The van der Waals surface area contributed by atoms with E-state index in [2.05, 4.69) is 44.5 Å². The predicted octanol–water partition coefficient (Wildman–Crippen LogP) is 1.93. The van der Waals surface area contributed by atoms with Crippen LogP contribution in [0.2, 0.25) is 0 Å². The van der Waals surface area contributed by atoms with Crippen molar-refractivity contribution in [2.75, 3.05) is 11.4 Å². The quantitative estimate of drug-likeness (QED) is 0.940. The van der Waals surface area contributed by atoms with Gasteiger partial charge in [-0.05, 0) is 30.4 Å². The van der Waals surface area contributed by atoms with Gasteiger partial charge in [0.15, 0.2) is 0 Å². The molecule has 4 rings (SSSR count). The SMILES string of the molecule is O=C(NC1CC1)c1cnc(N2CCc3ccccc3C2)cn1. The van der Waals surface area contributed by atoms with Crippen LogP contribution in [0.1, 0.15) is 34.5 Å². The molecule has 1 aromatic carbocycles. The highest BCUT2D eigenvalue weighted by Crippen LogP contribution is 2.22. The van der Waals surface area contributed by atoms with Crippen molar-refractivity contribution in [2.45, 2.75) is 31.8 Å². The molecule has 0 unspecified atom stereocenters. The van der Waals surface area contributed by atoms with Gasteiger partial charge in [-0.3, -0.25) is 4.79 Å². The Morgan fingerprint density at radius 1 is 1.14 bits per heavy atom. The van der Waals surface area contributed by atoms with Crippen LogP contribution >= 0.6 is 0 Å². The number of hydrogen-bond acceptors (Lipinski definition) is 4. The molecule has 22 heavy (non-hydrogen) atoms. The minimum absolute atomic E-state index is 0.120. The number of nitrogens with one attached hydrogen (secondary N) is 1. The second-order valence-corrected chi connectivity index (χ2v) is 5.95. The molecule has 1 aliphatic heterocycles. The molecule has 2 heterocycles. The lowest BCUT2D eigenvalue weighted by Gasteiger charge is -2.29. The topological polar surface area (TPSA) is 58.1 Å². The summed E-state index contributed by atoms with van der Waals surface area (Å²) in [6, 6.07) is 8.84. The normalized spacial score (nSPS) is 17.0. The standard InChI is InChI=1S/C17H18N4O/c22-17(20-14-5-6-14)15-9-19-16(10-18-15)21-8-7-12-3-1-2-4-13(12)11-21/h1-4,9-10,14H,5-8,11H2,(H,20,22).